The number of thiol groups is 1. The van der Waals surface area contributed by atoms with E-state index in [1.807, 2.05) is 0 Å². The summed E-state index contributed by atoms with van der Waals surface area (Å²) < 4.78 is 0. The standard InChI is InChI=1S/C10H18OS/c1-9(2)7-3-4-10(9,6-12)8(11)5-7/h7-8,11-12H,3-6H2,1-2H3/t7-,8-,10+/m0/s1. The molecule has 1 nitrogen and oxygen atoms in total. The fraction of sp³-hybridized carbons (Fsp3) is 1.00. The van der Waals surface area contributed by atoms with Gasteiger partial charge >= 0.3 is 0 Å². The molecule has 2 bridgehead atoms. The van der Waals surface area contributed by atoms with Crippen LogP contribution in [0.15, 0.2) is 0 Å². The van der Waals surface area contributed by atoms with E-state index in [9.17, 15) is 5.11 Å². The molecule has 3 atom stereocenters. The van der Waals surface area contributed by atoms with E-state index in [0.29, 0.717) is 5.41 Å². The molecule has 0 heterocycles. The number of fused-ring (bicyclic) bond motifs is 2. The van der Waals surface area contributed by atoms with E-state index in [4.69, 9.17) is 0 Å². The number of aliphatic hydroxyl groups excluding tert-OH is 1. The summed E-state index contributed by atoms with van der Waals surface area (Å²) >= 11 is 4.42. The maximum atomic E-state index is 9.96. The van der Waals surface area contributed by atoms with Gasteiger partial charge in [-0.05, 0) is 36.3 Å². The molecule has 0 saturated heterocycles. The molecule has 2 saturated carbocycles. The van der Waals surface area contributed by atoms with Gasteiger partial charge in [-0.3, -0.25) is 0 Å². The van der Waals surface area contributed by atoms with E-state index >= 15 is 0 Å². The van der Waals surface area contributed by atoms with Crippen LogP contribution in [0.25, 0.3) is 0 Å². The van der Waals surface area contributed by atoms with Gasteiger partial charge in [-0.2, -0.15) is 12.6 Å². The van der Waals surface area contributed by atoms with E-state index < -0.39 is 0 Å². The fourth-order valence-corrected chi connectivity index (χ4v) is 4.19. The molecule has 2 aliphatic rings. The van der Waals surface area contributed by atoms with Crippen LogP contribution in [0, 0.1) is 16.7 Å². The van der Waals surface area contributed by atoms with Crippen LogP contribution in [0.5, 0.6) is 0 Å². The van der Waals surface area contributed by atoms with E-state index in [1.165, 1.54) is 12.8 Å². The Hall–Kier alpha value is 0.310. The molecule has 12 heavy (non-hydrogen) atoms. The van der Waals surface area contributed by atoms with Crippen molar-refractivity contribution in [1.82, 2.24) is 0 Å². The Kier molecular flexibility index (Phi) is 1.79. The van der Waals surface area contributed by atoms with Crippen molar-refractivity contribution in [1.29, 1.82) is 0 Å². The molecule has 2 aliphatic carbocycles. The van der Waals surface area contributed by atoms with Crippen molar-refractivity contribution in [3.63, 3.8) is 0 Å². The fourth-order valence-electron chi connectivity index (χ4n) is 3.41. The minimum Gasteiger partial charge on any atom is -0.392 e. The number of hydrogen-bond acceptors (Lipinski definition) is 2. The van der Waals surface area contributed by atoms with Crippen LogP contribution in [0.3, 0.4) is 0 Å². The van der Waals surface area contributed by atoms with Crippen LogP contribution < -0.4 is 0 Å². The van der Waals surface area contributed by atoms with Gasteiger partial charge in [0.2, 0.25) is 0 Å². The zero-order valence-corrected chi connectivity index (χ0v) is 8.77. The van der Waals surface area contributed by atoms with Gasteiger partial charge in [0, 0.05) is 5.41 Å². The first kappa shape index (κ1) is 8.89. The molecule has 0 aromatic heterocycles. The summed E-state index contributed by atoms with van der Waals surface area (Å²) in [6.07, 6.45) is 3.39. The van der Waals surface area contributed by atoms with Crippen LogP contribution in [0.4, 0.5) is 0 Å². The summed E-state index contributed by atoms with van der Waals surface area (Å²) in [5, 5.41) is 9.96. The molecule has 0 amide bonds. The molecule has 2 rings (SSSR count). The Bertz CT molecular complexity index is 202. The molecular weight excluding hydrogens is 168 g/mol. The second-order valence-corrected chi connectivity index (χ2v) is 5.34. The summed E-state index contributed by atoms with van der Waals surface area (Å²) in [5.41, 5.74) is 0.439. The molecule has 0 radical (unpaired) electrons. The Balaban J connectivity index is 2.39. The second-order valence-electron chi connectivity index (χ2n) is 5.02. The van der Waals surface area contributed by atoms with E-state index in [1.54, 1.807) is 0 Å². The highest BCUT2D eigenvalue weighted by Gasteiger charge is 2.62. The predicted octanol–water partition coefficient (Wildman–Crippen LogP) is 2.10. The second kappa shape index (κ2) is 2.42. The van der Waals surface area contributed by atoms with Gasteiger partial charge < -0.3 is 5.11 Å². The van der Waals surface area contributed by atoms with Crippen LogP contribution in [0.1, 0.15) is 33.1 Å². The first-order valence-corrected chi connectivity index (χ1v) is 5.47. The summed E-state index contributed by atoms with van der Waals surface area (Å²) in [6, 6.07) is 0. The average Bonchev–Trinajstić information content (AvgIpc) is 2.36. The lowest BCUT2D eigenvalue weighted by atomic mass is 9.70. The van der Waals surface area contributed by atoms with Crippen LogP contribution in [0.2, 0.25) is 0 Å². The Morgan fingerprint density at radius 3 is 2.42 bits per heavy atom. The van der Waals surface area contributed by atoms with Crippen LogP contribution in [-0.4, -0.2) is 17.0 Å². The molecule has 2 fully saturated rings. The summed E-state index contributed by atoms with van der Waals surface area (Å²) in [7, 11) is 0. The molecule has 1 N–H and O–H groups in total. The van der Waals surface area contributed by atoms with Crippen LogP contribution >= 0.6 is 12.6 Å². The highest BCUT2D eigenvalue weighted by Crippen LogP contribution is 2.65. The van der Waals surface area contributed by atoms with Crippen molar-refractivity contribution in [2.75, 3.05) is 5.75 Å². The first-order chi connectivity index (χ1) is 5.54. The van der Waals surface area contributed by atoms with Crippen molar-refractivity contribution in [2.24, 2.45) is 16.7 Å². The van der Waals surface area contributed by atoms with Gasteiger partial charge in [-0.25, -0.2) is 0 Å². The lowest BCUT2D eigenvalue weighted by Gasteiger charge is -2.39. The normalized spacial score (nSPS) is 50.0. The Labute approximate surface area is 80.0 Å². The van der Waals surface area contributed by atoms with Gasteiger partial charge in [0.15, 0.2) is 0 Å². The SMILES string of the molecule is CC1(C)[C@H]2CC[C@@]1(CS)[C@@H](O)C2. The van der Waals surface area contributed by atoms with Crippen molar-refractivity contribution < 1.29 is 5.11 Å². The summed E-state index contributed by atoms with van der Waals surface area (Å²) in [5.74, 6) is 1.58. The molecule has 2 heteroatoms. The highest BCUT2D eigenvalue weighted by atomic mass is 32.1. The third-order valence-electron chi connectivity index (χ3n) is 4.67. The molecular formula is C10H18OS. The first-order valence-electron chi connectivity index (χ1n) is 4.83. The molecule has 0 spiro atoms. The minimum absolute atomic E-state index is 0.0938. The molecule has 0 aromatic carbocycles. The number of hydrogen-bond donors (Lipinski definition) is 2. The smallest absolute Gasteiger partial charge is 0.0612 e. The monoisotopic (exact) mass is 186 g/mol. The lowest BCUT2D eigenvalue weighted by molar-refractivity contribution is 0.0171. The third-order valence-corrected chi connectivity index (χ3v) is 5.23. The van der Waals surface area contributed by atoms with E-state index in [-0.39, 0.29) is 11.5 Å². The Morgan fingerprint density at radius 2 is 2.17 bits per heavy atom. The quantitative estimate of drug-likeness (QED) is 0.601. The maximum Gasteiger partial charge on any atom is 0.0612 e. The van der Waals surface area contributed by atoms with Gasteiger partial charge in [0.05, 0.1) is 6.10 Å². The molecule has 0 aromatic rings. The van der Waals surface area contributed by atoms with Crippen molar-refractivity contribution in [3.05, 3.63) is 0 Å². The predicted molar refractivity (Wildman–Crippen MR) is 53.4 cm³/mol. The average molecular weight is 186 g/mol. The molecule has 70 valence electrons. The topological polar surface area (TPSA) is 20.2 Å². The Morgan fingerprint density at radius 1 is 1.50 bits per heavy atom. The van der Waals surface area contributed by atoms with Crippen molar-refractivity contribution in [3.8, 4) is 0 Å². The van der Waals surface area contributed by atoms with Gasteiger partial charge in [-0.15, -0.1) is 0 Å². The number of rotatable bonds is 1. The summed E-state index contributed by atoms with van der Waals surface area (Å²) in [6.45, 7) is 4.61. The lowest BCUT2D eigenvalue weighted by Crippen LogP contribution is -2.40. The van der Waals surface area contributed by atoms with Gasteiger partial charge in [0.1, 0.15) is 0 Å². The zero-order chi connectivity index (χ0) is 8.98. The van der Waals surface area contributed by atoms with Crippen molar-refractivity contribution in [2.45, 2.75) is 39.2 Å². The van der Waals surface area contributed by atoms with Crippen LogP contribution in [-0.2, 0) is 0 Å². The largest absolute Gasteiger partial charge is 0.392 e. The van der Waals surface area contributed by atoms with Crippen molar-refractivity contribution >= 4 is 12.6 Å². The van der Waals surface area contributed by atoms with Gasteiger partial charge in [-0.1, -0.05) is 13.8 Å². The minimum atomic E-state index is -0.0938. The zero-order valence-electron chi connectivity index (χ0n) is 7.88. The summed E-state index contributed by atoms with van der Waals surface area (Å²) in [4.78, 5) is 0. The number of aliphatic hydroxyl groups is 1. The van der Waals surface area contributed by atoms with E-state index in [0.717, 1.165) is 18.1 Å². The maximum absolute atomic E-state index is 9.96. The van der Waals surface area contributed by atoms with E-state index in [2.05, 4.69) is 26.5 Å². The highest BCUT2D eigenvalue weighted by molar-refractivity contribution is 7.80. The third kappa shape index (κ3) is 0.759. The molecule has 0 unspecified atom stereocenters. The van der Waals surface area contributed by atoms with Gasteiger partial charge in [0.25, 0.3) is 0 Å². The molecule has 0 aliphatic heterocycles.